The zero-order valence-corrected chi connectivity index (χ0v) is 19.0. The maximum absolute atomic E-state index is 12.6. The van der Waals surface area contributed by atoms with Gasteiger partial charge in [-0.05, 0) is 42.9 Å². The largest absolute Gasteiger partial charge is 0.462 e. The van der Waals surface area contributed by atoms with Crippen LogP contribution in [0.3, 0.4) is 0 Å². The van der Waals surface area contributed by atoms with Gasteiger partial charge in [-0.25, -0.2) is 9.59 Å². The van der Waals surface area contributed by atoms with Crippen molar-refractivity contribution in [2.24, 2.45) is 11.8 Å². The highest BCUT2D eigenvalue weighted by Gasteiger charge is 2.19. The van der Waals surface area contributed by atoms with Crippen LogP contribution in [-0.4, -0.2) is 25.2 Å². The molecule has 166 valence electrons. The molecule has 30 heavy (non-hydrogen) atoms. The first-order valence-electron chi connectivity index (χ1n) is 11.4. The summed E-state index contributed by atoms with van der Waals surface area (Å²) >= 11 is 0. The van der Waals surface area contributed by atoms with Crippen molar-refractivity contribution in [3.8, 4) is 6.07 Å². The van der Waals surface area contributed by atoms with Crippen molar-refractivity contribution in [1.82, 2.24) is 0 Å². The number of unbranched alkanes of at least 4 members (excludes halogenated alkanes) is 2. The second kappa shape index (κ2) is 14.6. The minimum Gasteiger partial charge on any atom is -0.462 e. The van der Waals surface area contributed by atoms with Gasteiger partial charge < -0.3 is 9.47 Å². The van der Waals surface area contributed by atoms with Gasteiger partial charge in [-0.15, -0.1) is 0 Å². The highest BCUT2D eigenvalue weighted by Crippen LogP contribution is 2.18. The van der Waals surface area contributed by atoms with Crippen molar-refractivity contribution in [3.05, 3.63) is 34.9 Å². The summed E-state index contributed by atoms with van der Waals surface area (Å²) in [6.07, 6.45) is 8.34. The Morgan fingerprint density at radius 1 is 0.900 bits per heavy atom. The molecule has 2 unspecified atom stereocenters. The number of nitrogens with zero attached hydrogens (tertiary/aromatic N) is 1. The highest BCUT2D eigenvalue weighted by molar-refractivity contribution is 5.97. The number of nitriles is 1. The Morgan fingerprint density at radius 3 is 1.90 bits per heavy atom. The lowest BCUT2D eigenvalue weighted by molar-refractivity contribution is 0.0426. The minimum atomic E-state index is -0.564. The molecule has 1 aromatic rings. The quantitative estimate of drug-likeness (QED) is 0.333. The Morgan fingerprint density at radius 2 is 1.43 bits per heavy atom. The Labute approximate surface area is 181 Å². The van der Waals surface area contributed by atoms with E-state index >= 15 is 0 Å². The molecule has 0 fully saturated rings. The van der Waals surface area contributed by atoms with E-state index in [1.807, 2.05) is 6.07 Å². The van der Waals surface area contributed by atoms with Crippen molar-refractivity contribution in [3.63, 3.8) is 0 Å². The SMILES string of the molecule is CCCCC(CC)COC(=O)c1ccc(C#N)c(C(=O)OCC(CC)CCCC)c1. The zero-order chi connectivity index (χ0) is 22.4. The van der Waals surface area contributed by atoms with Crippen molar-refractivity contribution in [2.45, 2.75) is 79.1 Å². The molecule has 0 aliphatic carbocycles. The summed E-state index contributed by atoms with van der Waals surface area (Å²) in [6.45, 7) is 9.14. The van der Waals surface area contributed by atoms with Gasteiger partial charge in [0.2, 0.25) is 0 Å². The molecule has 0 aromatic heterocycles. The van der Waals surface area contributed by atoms with Gasteiger partial charge in [0.25, 0.3) is 0 Å². The smallest absolute Gasteiger partial charge is 0.339 e. The van der Waals surface area contributed by atoms with Gasteiger partial charge in [-0.2, -0.15) is 5.26 Å². The highest BCUT2D eigenvalue weighted by atomic mass is 16.5. The summed E-state index contributed by atoms with van der Waals surface area (Å²) in [5.74, 6) is -0.393. The Balaban J connectivity index is 2.81. The van der Waals surface area contributed by atoms with E-state index in [1.165, 1.54) is 18.2 Å². The second-order valence-electron chi connectivity index (χ2n) is 7.90. The minimum absolute atomic E-state index is 0.121. The van der Waals surface area contributed by atoms with E-state index < -0.39 is 11.9 Å². The first-order chi connectivity index (χ1) is 14.5. The molecule has 0 saturated carbocycles. The Bertz CT molecular complexity index is 708. The van der Waals surface area contributed by atoms with Crippen LogP contribution in [0.4, 0.5) is 0 Å². The number of carbonyl (C=O) groups is 2. The van der Waals surface area contributed by atoms with Crippen LogP contribution in [0.15, 0.2) is 18.2 Å². The number of ether oxygens (including phenoxy) is 2. The molecule has 0 aliphatic rings. The Kier molecular flexibility index (Phi) is 12.5. The van der Waals surface area contributed by atoms with Gasteiger partial charge in [0, 0.05) is 0 Å². The van der Waals surface area contributed by atoms with E-state index in [9.17, 15) is 14.9 Å². The van der Waals surface area contributed by atoms with Crippen LogP contribution in [0.5, 0.6) is 0 Å². The van der Waals surface area contributed by atoms with Crippen molar-refractivity contribution in [2.75, 3.05) is 13.2 Å². The molecule has 0 radical (unpaired) electrons. The van der Waals surface area contributed by atoms with Gasteiger partial charge in [-0.3, -0.25) is 0 Å². The van der Waals surface area contributed by atoms with Crippen molar-refractivity contribution < 1.29 is 19.1 Å². The van der Waals surface area contributed by atoms with Gasteiger partial charge in [0.05, 0.1) is 29.9 Å². The number of esters is 2. The average Bonchev–Trinajstić information content (AvgIpc) is 2.78. The number of hydrogen-bond acceptors (Lipinski definition) is 5. The molecule has 0 amide bonds. The molecule has 0 saturated heterocycles. The predicted octanol–water partition coefficient (Wildman–Crippen LogP) is 6.30. The molecule has 0 heterocycles. The summed E-state index contributed by atoms with van der Waals surface area (Å²) in [7, 11) is 0. The maximum Gasteiger partial charge on any atom is 0.339 e. The lowest BCUT2D eigenvalue weighted by Gasteiger charge is -2.16. The van der Waals surface area contributed by atoms with Gasteiger partial charge >= 0.3 is 11.9 Å². The van der Waals surface area contributed by atoms with Crippen LogP contribution in [0.1, 0.15) is 105 Å². The monoisotopic (exact) mass is 415 g/mol. The molecule has 2 atom stereocenters. The topological polar surface area (TPSA) is 76.4 Å². The second-order valence-corrected chi connectivity index (χ2v) is 7.90. The van der Waals surface area contributed by atoms with E-state index in [1.54, 1.807) is 0 Å². The molecule has 0 N–H and O–H groups in total. The van der Waals surface area contributed by atoms with Gasteiger partial charge in [0.15, 0.2) is 0 Å². The summed E-state index contributed by atoms with van der Waals surface area (Å²) in [5.41, 5.74) is 0.590. The van der Waals surface area contributed by atoms with E-state index in [-0.39, 0.29) is 16.7 Å². The zero-order valence-electron chi connectivity index (χ0n) is 19.0. The first-order valence-corrected chi connectivity index (χ1v) is 11.4. The van der Waals surface area contributed by atoms with Crippen LogP contribution in [0.25, 0.3) is 0 Å². The van der Waals surface area contributed by atoms with Gasteiger partial charge in [0.1, 0.15) is 6.07 Å². The third-order valence-electron chi connectivity index (χ3n) is 5.58. The van der Waals surface area contributed by atoms with Crippen LogP contribution < -0.4 is 0 Å². The van der Waals surface area contributed by atoms with E-state index in [4.69, 9.17) is 9.47 Å². The maximum atomic E-state index is 12.6. The summed E-state index contributed by atoms with van der Waals surface area (Å²) < 4.78 is 10.9. The molecule has 0 bridgehead atoms. The van der Waals surface area contributed by atoms with Crippen LogP contribution in [0, 0.1) is 23.2 Å². The van der Waals surface area contributed by atoms with Crippen LogP contribution >= 0.6 is 0 Å². The van der Waals surface area contributed by atoms with Crippen LogP contribution in [0.2, 0.25) is 0 Å². The molecular weight excluding hydrogens is 378 g/mol. The lowest BCUT2D eigenvalue weighted by atomic mass is 10.00. The number of rotatable bonds is 14. The average molecular weight is 416 g/mol. The summed E-state index contributed by atoms with van der Waals surface area (Å²) in [6, 6.07) is 6.44. The predicted molar refractivity (Wildman–Crippen MR) is 118 cm³/mol. The van der Waals surface area contributed by atoms with Crippen LogP contribution in [-0.2, 0) is 9.47 Å². The normalized spacial score (nSPS) is 12.6. The van der Waals surface area contributed by atoms with Gasteiger partial charge in [-0.1, -0.05) is 66.2 Å². The molecule has 0 aliphatic heterocycles. The summed E-state index contributed by atoms with van der Waals surface area (Å²) in [5, 5.41) is 9.35. The number of carbonyl (C=O) groups excluding carboxylic acids is 2. The molecule has 1 aromatic carbocycles. The fourth-order valence-corrected chi connectivity index (χ4v) is 3.28. The fourth-order valence-electron chi connectivity index (χ4n) is 3.28. The third kappa shape index (κ3) is 8.57. The molecule has 0 spiro atoms. The van der Waals surface area contributed by atoms with E-state index in [0.29, 0.717) is 25.0 Å². The molecule has 5 nitrogen and oxygen atoms in total. The van der Waals surface area contributed by atoms with Crippen molar-refractivity contribution in [1.29, 1.82) is 5.26 Å². The molecule has 5 heteroatoms. The van der Waals surface area contributed by atoms with E-state index in [0.717, 1.165) is 51.4 Å². The first kappa shape index (κ1) is 25.7. The van der Waals surface area contributed by atoms with E-state index in [2.05, 4.69) is 27.7 Å². The number of benzene rings is 1. The fraction of sp³-hybridized carbons (Fsp3) is 0.640. The lowest BCUT2D eigenvalue weighted by Crippen LogP contribution is -2.17. The summed E-state index contributed by atoms with van der Waals surface area (Å²) in [4.78, 5) is 25.1. The number of hydrogen-bond donors (Lipinski definition) is 0. The standard InChI is InChI=1S/C25H37NO4/c1-5-9-11-19(7-3)17-29-24(27)21-13-14-22(16-26)23(15-21)25(28)30-18-20(8-4)12-10-6-2/h13-15,19-20H,5-12,17-18H2,1-4H3. The third-order valence-corrected chi connectivity index (χ3v) is 5.58. The molecular formula is C25H37NO4. The van der Waals surface area contributed by atoms with Crippen molar-refractivity contribution >= 4 is 11.9 Å². The Hall–Kier alpha value is -2.35. The molecule has 1 rings (SSSR count).